The molecule has 0 amide bonds. The minimum atomic E-state index is -0.441. The minimum absolute atomic E-state index is 0.251. The van der Waals surface area contributed by atoms with Crippen molar-refractivity contribution < 1.29 is 4.39 Å². The van der Waals surface area contributed by atoms with E-state index in [0.29, 0.717) is 34.5 Å². The summed E-state index contributed by atoms with van der Waals surface area (Å²) in [5.74, 6) is 0.825. The van der Waals surface area contributed by atoms with Crippen molar-refractivity contribution in [1.29, 1.82) is 0 Å². The molecule has 5 aromatic heterocycles. The number of nitrogens with zero attached hydrogens (tertiary/aromatic N) is 4. The normalized spacial score (nSPS) is 14.2. The van der Waals surface area contributed by atoms with E-state index in [-0.39, 0.29) is 5.69 Å². The number of hydrogen-bond acceptors (Lipinski definition) is 6. The second kappa shape index (κ2) is 9.98. The maximum absolute atomic E-state index is 16.1. The number of imidazole rings is 1. The zero-order chi connectivity index (χ0) is 26.3. The van der Waals surface area contributed by atoms with Gasteiger partial charge in [0.25, 0.3) is 0 Å². The Labute approximate surface area is 229 Å². The summed E-state index contributed by atoms with van der Waals surface area (Å²) in [6.07, 6.45) is 10.4. The average molecular weight is 538 g/mol. The first-order valence-corrected chi connectivity index (χ1v) is 14.2. The summed E-state index contributed by atoms with van der Waals surface area (Å²) in [5, 5.41) is 11.3. The van der Waals surface area contributed by atoms with Gasteiger partial charge in [0.15, 0.2) is 11.6 Å². The first kappa shape index (κ1) is 24.1. The third-order valence-electron chi connectivity index (χ3n) is 7.59. The molecule has 6 aromatic rings. The Morgan fingerprint density at radius 1 is 1.05 bits per heavy atom. The molecule has 196 valence electrons. The van der Waals surface area contributed by atoms with Crippen LogP contribution in [0.15, 0.2) is 55.0 Å². The lowest BCUT2D eigenvalue weighted by atomic mass is 10.1. The molecular weight excluding hydrogens is 509 g/mol. The van der Waals surface area contributed by atoms with Gasteiger partial charge in [0.05, 0.1) is 28.1 Å². The van der Waals surface area contributed by atoms with E-state index in [4.69, 9.17) is 4.98 Å². The molecule has 9 heteroatoms. The number of para-hydroxylation sites is 1. The molecule has 0 radical (unpaired) electrons. The molecule has 0 bridgehead atoms. The third-order valence-corrected chi connectivity index (χ3v) is 8.63. The maximum atomic E-state index is 16.1. The van der Waals surface area contributed by atoms with Gasteiger partial charge in [-0.25, -0.2) is 9.37 Å². The van der Waals surface area contributed by atoms with E-state index in [1.807, 2.05) is 24.4 Å². The van der Waals surface area contributed by atoms with E-state index in [9.17, 15) is 0 Å². The molecule has 1 saturated carbocycles. The van der Waals surface area contributed by atoms with Crippen LogP contribution in [0.1, 0.15) is 36.1 Å². The summed E-state index contributed by atoms with van der Waals surface area (Å²) in [4.78, 5) is 19.4. The van der Waals surface area contributed by atoms with Gasteiger partial charge >= 0.3 is 0 Å². The summed E-state index contributed by atoms with van der Waals surface area (Å²) >= 11 is 1.72. The van der Waals surface area contributed by atoms with Crippen LogP contribution in [0.3, 0.4) is 0 Å². The Bertz CT molecular complexity index is 1790. The average Bonchev–Trinajstić information content (AvgIpc) is 3.75. The van der Waals surface area contributed by atoms with E-state index < -0.39 is 5.82 Å². The quantitative estimate of drug-likeness (QED) is 0.203. The standard InChI is InChI=1S/C30H28FN7S/c1-17-9-10-24(39-17)21-7-4-8-22-28(21)36-30(35-22)29-25-23(37-38-29)16-34-27(26(25)31)20-11-19(14-33-15-20)13-32-12-18-5-2-3-6-18/h4,7-11,14-16,18,32H,2-3,5-6,12-13H2,1H3,(H,35,36)(H,37,38). The molecule has 0 spiro atoms. The van der Waals surface area contributed by atoms with Crippen molar-refractivity contribution in [3.8, 4) is 33.2 Å². The number of halogens is 1. The lowest BCUT2D eigenvalue weighted by Gasteiger charge is -2.11. The Morgan fingerprint density at radius 3 is 2.79 bits per heavy atom. The topological polar surface area (TPSA) is 95.2 Å². The van der Waals surface area contributed by atoms with Gasteiger partial charge in [0, 0.05) is 39.8 Å². The van der Waals surface area contributed by atoms with Crippen LogP contribution in [0.2, 0.25) is 0 Å². The van der Waals surface area contributed by atoms with Crippen molar-refractivity contribution in [3.05, 3.63) is 71.2 Å². The van der Waals surface area contributed by atoms with Crippen molar-refractivity contribution in [2.75, 3.05) is 6.54 Å². The number of aromatic amines is 2. The molecule has 1 aliphatic carbocycles. The molecule has 0 unspecified atom stereocenters. The van der Waals surface area contributed by atoms with E-state index in [1.165, 1.54) is 30.6 Å². The first-order valence-electron chi connectivity index (χ1n) is 13.4. The summed E-state index contributed by atoms with van der Waals surface area (Å²) in [5.41, 5.74) is 5.60. The Balaban J connectivity index is 1.23. The molecule has 0 saturated heterocycles. The molecule has 0 aliphatic heterocycles. The molecule has 7 nitrogen and oxygen atoms in total. The van der Waals surface area contributed by atoms with Crippen LogP contribution in [0, 0.1) is 18.7 Å². The number of aryl methyl sites for hydroxylation is 1. The highest BCUT2D eigenvalue weighted by Crippen LogP contribution is 2.36. The highest BCUT2D eigenvalue weighted by atomic mass is 32.1. The molecule has 1 aromatic carbocycles. The smallest absolute Gasteiger partial charge is 0.161 e. The highest BCUT2D eigenvalue weighted by Gasteiger charge is 2.21. The fourth-order valence-electron chi connectivity index (χ4n) is 5.62. The molecule has 39 heavy (non-hydrogen) atoms. The van der Waals surface area contributed by atoms with Crippen molar-refractivity contribution in [3.63, 3.8) is 0 Å². The number of benzene rings is 1. The zero-order valence-electron chi connectivity index (χ0n) is 21.6. The van der Waals surface area contributed by atoms with Gasteiger partial charge in [0.1, 0.15) is 11.4 Å². The van der Waals surface area contributed by atoms with E-state index in [2.05, 4.69) is 55.6 Å². The van der Waals surface area contributed by atoms with Crippen LogP contribution in [0.5, 0.6) is 0 Å². The summed E-state index contributed by atoms with van der Waals surface area (Å²) in [6.45, 7) is 3.79. The molecule has 7 rings (SSSR count). The van der Waals surface area contributed by atoms with Gasteiger partial charge in [-0.05, 0) is 62.1 Å². The molecule has 3 N–H and O–H groups in total. The van der Waals surface area contributed by atoms with Crippen LogP contribution in [0.25, 0.3) is 55.2 Å². The number of fused-ring (bicyclic) bond motifs is 2. The summed E-state index contributed by atoms with van der Waals surface area (Å²) in [6, 6.07) is 12.2. The first-order chi connectivity index (χ1) is 19.1. The molecule has 0 atom stereocenters. The zero-order valence-corrected chi connectivity index (χ0v) is 22.4. The monoisotopic (exact) mass is 537 g/mol. The lowest BCUT2D eigenvalue weighted by Crippen LogP contribution is -2.20. The number of H-pyrrole nitrogens is 2. The van der Waals surface area contributed by atoms with Crippen LogP contribution in [-0.4, -0.2) is 36.7 Å². The third kappa shape index (κ3) is 4.51. The van der Waals surface area contributed by atoms with Crippen LogP contribution < -0.4 is 5.32 Å². The highest BCUT2D eigenvalue weighted by molar-refractivity contribution is 7.15. The predicted molar refractivity (Wildman–Crippen MR) is 154 cm³/mol. The van der Waals surface area contributed by atoms with Gasteiger partial charge in [-0.3, -0.25) is 15.1 Å². The fourth-order valence-corrected chi connectivity index (χ4v) is 6.51. The van der Waals surface area contributed by atoms with Crippen molar-refractivity contribution in [2.24, 2.45) is 5.92 Å². The molecule has 1 aliphatic rings. The largest absolute Gasteiger partial charge is 0.337 e. The van der Waals surface area contributed by atoms with Crippen molar-refractivity contribution in [2.45, 2.75) is 39.2 Å². The van der Waals surface area contributed by atoms with Gasteiger partial charge in [0.2, 0.25) is 0 Å². The number of aromatic nitrogens is 6. The molecule has 1 fully saturated rings. The van der Waals surface area contributed by atoms with Gasteiger partial charge in [-0.1, -0.05) is 25.0 Å². The Morgan fingerprint density at radius 2 is 1.95 bits per heavy atom. The molecular formula is C30H28FN7S. The van der Waals surface area contributed by atoms with Crippen LogP contribution >= 0.6 is 11.3 Å². The number of pyridine rings is 2. The van der Waals surface area contributed by atoms with Gasteiger partial charge < -0.3 is 10.3 Å². The predicted octanol–water partition coefficient (Wildman–Crippen LogP) is 7.02. The second-order valence-electron chi connectivity index (χ2n) is 10.3. The number of thiophene rings is 1. The lowest BCUT2D eigenvalue weighted by molar-refractivity contribution is 0.489. The Hall–Kier alpha value is -3.95. The number of hydrogen-bond donors (Lipinski definition) is 3. The van der Waals surface area contributed by atoms with Gasteiger partial charge in [-0.2, -0.15) is 5.10 Å². The molecule has 5 heterocycles. The number of nitrogens with one attached hydrogen (secondary N) is 3. The maximum Gasteiger partial charge on any atom is 0.161 e. The van der Waals surface area contributed by atoms with E-state index in [1.54, 1.807) is 23.7 Å². The van der Waals surface area contributed by atoms with E-state index >= 15 is 4.39 Å². The SMILES string of the molecule is Cc1ccc(-c2cccc3[nH]c(-c4n[nH]c5cnc(-c6cncc(CNCC7CCCC7)c6)c(F)c45)nc23)s1. The van der Waals surface area contributed by atoms with Crippen LogP contribution in [0.4, 0.5) is 4.39 Å². The Kier molecular flexibility index (Phi) is 6.17. The second-order valence-corrected chi connectivity index (χ2v) is 11.6. The van der Waals surface area contributed by atoms with Crippen molar-refractivity contribution in [1.82, 2.24) is 35.5 Å². The summed E-state index contributed by atoms with van der Waals surface area (Å²) in [7, 11) is 0. The van der Waals surface area contributed by atoms with Gasteiger partial charge in [-0.15, -0.1) is 11.3 Å². The number of rotatable bonds is 7. The summed E-state index contributed by atoms with van der Waals surface area (Å²) < 4.78 is 16.1. The fraction of sp³-hybridized carbons (Fsp3) is 0.267. The van der Waals surface area contributed by atoms with Crippen molar-refractivity contribution >= 4 is 33.3 Å². The van der Waals surface area contributed by atoms with E-state index in [0.717, 1.165) is 39.5 Å². The minimum Gasteiger partial charge on any atom is -0.337 e. The van der Waals surface area contributed by atoms with Crippen LogP contribution in [-0.2, 0) is 6.54 Å².